The fourth-order valence-electron chi connectivity index (χ4n) is 2.21. The number of unbranched alkanes of at least 4 members (excludes halogenated alkanes) is 1. The van der Waals surface area contributed by atoms with Crippen LogP contribution in [0.5, 0.6) is 5.75 Å². The van der Waals surface area contributed by atoms with Gasteiger partial charge in [0.05, 0.1) is 26.4 Å². The van der Waals surface area contributed by atoms with Crippen LogP contribution >= 0.6 is 0 Å². The van der Waals surface area contributed by atoms with Crippen LogP contribution in [-0.2, 0) is 28.6 Å². The molecule has 0 bridgehead atoms. The molecule has 0 atom stereocenters. The van der Waals surface area contributed by atoms with E-state index in [4.69, 9.17) is 24.1 Å². The number of hydrogen-bond acceptors (Lipinski definition) is 7. The number of hydrogen-bond donors (Lipinski definition) is 2. The van der Waals surface area contributed by atoms with Crippen LogP contribution in [-0.4, -0.2) is 62.6 Å². The predicted octanol–water partition coefficient (Wildman–Crippen LogP) is 2.25. The average molecular weight is 411 g/mol. The van der Waals surface area contributed by atoms with Crippen molar-refractivity contribution in [2.75, 3.05) is 45.0 Å². The van der Waals surface area contributed by atoms with Crippen molar-refractivity contribution in [1.82, 2.24) is 0 Å². The number of nitrogens with one attached hydrogen (secondary N) is 1. The quantitative estimate of drug-likeness (QED) is 0.314. The number of benzene rings is 1. The number of rotatable bonds is 16. The van der Waals surface area contributed by atoms with E-state index in [-0.39, 0.29) is 37.9 Å². The third-order valence-corrected chi connectivity index (χ3v) is 3.56. The van der Waals surface area contributed by atoms with E-state index in [2.05, 4.69) is 5.32 Å². The molecule has 0 aromatic heterocycles. The number of esters is 1. The number of amides is 1. The van der Waals surface area contributed by atoms with Crippen LogP contribution in [0.25, 0.3) is 0 Å². The molecule has 162 valence electrons. The molecule has 0 saturated heterocycles. The van der Waals surface area contributed by atoms with Gasteiger partial charge in [-0.15, -0.1) is 0 Å². The van der Waals surface area contributed by atoms with Crippen LogP contribution in [0.1, 0.15) is 32.6 Å². The SMILES string of the molecule is CC(=O)Nc1ccc(OCCOCCOCCOC(=O)CCCCC(=O)O)cc1. The molecule has 0 aliphatic carbocycles. The smallest absolute Gasteiger partial charge is 0.305 e. The molecule has 29 heavy (non-hydrogen) atoms. The number of carbonyl (C=O) groups is 3. The van der Waals surface area contributed by atoms with Crippen LogP contribution in [0.3, 0.4) is 0 Å². The van der Waals surface area contributed by atoms with Crippen molar-refractivity contribution in [3.05, 3.63) is 24.3 Å². The summed E-state index contributed by atoms with van der Waals surface area (Å²) in [6.45, 7) is 3.46. The Hall–Kier alpha value is -2.65. The van der Waals surface area contributed by atoms with E-state index in [0.717, 1.165) is 0 Å². The van der Waals surface area contributed by atoms with Gasteiger partial charge in [-0.1, -0.05) is 0 Å². The maximum atomic E-state index is 11.4. The Bertz CT molecular complexity index is 617. The molecule has 9 heteroatoms. The lowest BCUT2D eigenvalue weighted by Gasteiger charge is -2.09. The number of ether oxygens (including phenoxy) is 4. The second-order valence-electron chi connectivity index (χ2n) is 6.10. The average Bonchev–Trinajstić information content (AvgIpc) is 2.67. The largest absolute Gasteiger partial charge is 0.491 e. The summed E-state index contributed by atoms with van der Waals surface area (Å²) in [5, 5.41) is 11.2. The summed E-state index contributed by atoms with van der Waals surface area (Å²) in [6.07, 6.45) is 1.24. The van der Waals surface area contributed by atoms with E-state index in [9.17, 15) is 14.4 Å². The van der Waals surface area contributed by atoms with Gasteiger partial charge in [0.15, 0.2) is 0 Å². The van der Waals surface area contributed by atoms with Crippen LogP contribution in [0.4, 0.5) is 5.69 Å². The molecule has 0 spiro atoms. The summed E-state index contributed by atoms with van der Waals surface area (Å²) in [4.78, 5) is 32.7. The Labute approximate surface area is 170 Å². The number of aliphatic carboxylic acids is 1. The summed E-state index contributed by atoms with van der Waals surface area (Å²) >= 11 is 0. The monoisotopic (exact) mass is 411 g/mol. The van der Waals surface area contributed by atoms with Crippen LogP contribution in [0.15, 0.2) is 24.3 Å². The van der Waals surface area contributed by atoms with E-state index < -0.39 is 5.97 Å². The van der Waals surface area contributed by atoms with Gasteiger partial charge in [0.1, 0.15) is 19.0 Å². The summed E-state index contributed by atoms with van der Waals surface area (Å²) in [6, 6.07) is 7.05. The zero-order chi connectivity index (χ0) is 21.3. The molecule has 2 N–H and O–H groups in total. The van der Waals surface area contributed by atoms with Crippen molar-refractivity contribution in [2.45, 2.75) is 32.6 Å². The summed E-state index contributed by atoms with van der Waals surface area (Å²) < 4.78 is 21.2. The fourth-order valence-corrected chi connectivity index (χ4v) is 2.21. The highest BCUT2D eigenvalue weighted by molar-refractivity contribution is 5.88. The van der Waals surface area contributed by atoms with Crippen molar-refractivity contribution >= 4 is 23.5 Å². The van der Waals surface area contributed by atoms with Crippen molar-refractivity contribution in [2.24, 2.45) is 0 Å². The van der Waals surface area contributed by atoms with Gasteiger partial charge >= 0.3 is 11.9 Å². The van der Waals surface area contributed by atoms with Gasteiger partial charge in [-0.3, -0.25) is 14.4 Å². The molecule has 1 aromatic carbocycles. The van der Waals surface area contributed by atoms with E-state index >= 15 is 0 Å². The number of anilines is 1. The van der Waals surface area contributed by atoms with Gasteiger partial charge in [0.25, 0.3) is 0 Å². The minimum absolute atomic E-state index is 0.0618. The van der Waals surface area contributed by atoms with Crippen molar-refractivity contribution < 1.29 is 38.4 Å². The van der Waals surface area contributed by atoms with Gasteiger partial charge in [-0.05, 0) is 37.1 Å². The Morgan fingerprint density at radius 2 is 1.45 bits per heavy atom. The van der Waals surface area contributed by atoms with Gasteiger partial charge in [-0.2, -0.15) is 0 Å². The second kappa shape index (κ2) is 15.3. The lowest BCUT2D eigenvalue weighted by Crippen LogP contribution is -2.14. The Kier molecular flexibility index (Phi) is 12.9. The van der Waals surface area contributed by atoms with Gasteiger partial charge in [-0.25, -0.2) is 0 Å². The third-order valence-electron chi connectivity index (χ3n) is 3.56. The van der Waals surface area contributed by atoms with Gasteiger partial charge < -0.3 is 29.4 Å². The Morgan fingerprint density at radius 3 is 2.07 bits per heavy atom. The van der Waals surface area contributed by atoms with Crippen LogP contribution in [0.2, 0.25) is 0 Å². The van der Waals surface area contributed by atoms with Crippen molar-refractivity contribution in [3.63, 3.8) is 0 Å². The fraction of sp³-hybridized carbons (Fsp3) is 0.550. The van der Waals surface area contributed by atoms with E-state index in [1.54, 1.807) is 24.3 Å². The molecule has 1 amide bonds. The lowest BCUT2D eigenvalue weighted by molar-refractivity contribution is -0.146. The first-order valence-corrected chi connectivity index (χ1v) is 9.50. The zero-order valence-corrected chi connectivity index (χ0v) is 16.7. The lowest BCUT2D eigenvalue weighted by atomic mass is 10.2. The molecule has 0 aliphatic rings. The van der Waals surface area contributed by atoms with E-state index in [1.807, 2.05) is 0 Å². The minimum atomic E-state index is -0.863. The molecule has 0 unspecified atom stereocenters. The first-order chi connectivity index (χ1) is 14.0. The van der Waals surface area contributed by atoms with Crippen LogP contribution < -0.4 is 10.1 Å². The zero-order valence-electron chi connectivity index (χ0n) is 16.7. The standard InChI is InChI=1S/C20H29NO8/c1-16(22)21-17-6-8-18(9-7-17)28-14-12-26-10-11-27-13-15-29-20(25)5-3-2-4-19(23)24/h6-9H,2-5,10-15H2,1H3,(H,21,22)(H,23,24). The molecule has 0 saturated carbocycles. The highest BCUT2D eigenvalue weighted by Gasteiger charge is 2.04. The number of carbonyl (C=O) groups excluding carboxylic acids is 2. The molecule has 0 fully saturated rings. The maximum Gasteiger partial charge on any atom is 0.305 e. The molecule has 1 aromatic rings. The molecule has 0 aliphatic heterocycles. The van der Waals surface area contributed by atoms with Gasteiger partial charge in [0, 0.05) is 25.5 Å². The normalized spacial score (nSPS) is 10.4. The molecule has 0 radical (unpaired) electrons. The Balaban J connectivity index is 1.90. The summed E-state index contributed by atoms with van der Waals surface area (Å²) in [5.74, 6) is -0.653. The van der Waals surface area contributed by atoms with Crippen molar-refractivity contribution in [3.8, 4) is 5.75 Å². The van der Waals surface area contributed by atoms with Gasteiger partial charge in [0.2, 0.25) is 5.91 Å². The summed E-state index contributed by atoms with van der Waals surface area (Å²) in [7, 11) is 0. The molecule has 1 rings (SSSR count). The number of carboxylic acid groups (broad SMARTS) is 1. The van der Waals surface area contributed by atoms with E-state index in [0.29, 0.717) is 50.7 Å². The van der Waals surface area contributed by atoms with Crippen LogP contribution in [0, 0.1) is 0 Å². The minimum Gasteiger partial charge on any atom is -0.491 e. The molecular weight excluding hydrogens is 382 g/mol. The topological polar surface area (TPSA) is 120 Å². The molecule has 9 nitrogen and oxygen atoms in total. The van der Waals surface area contributed by atoms with E-state index in [1.165, 1.54) is 6.92 Å². The highest BCUT2D eigenvalue weighted by atomic mass is 16.6. The maximum absolute atomic E-state index is 11.4. The third kappa shape index (κ3) is 14.1. The second-order valence-corrected chi connectivity index (χ2v) is 6.10. The Morgan fingerprint density at radius 1 is 0.862 bits per heavy atom. The molecular formula is C20H29NO8. The summed E-state index contributed by atoms with van der Waals surface area (Å²) in [5.41, 5.74) is 0.710. The first-order valence-electron chi connectivity index (χ1n) is 9.50. The highest BCUT2D eigenvalue weighted by Crippen LogP contribution is 2.15. The predicted molar refractivity (Wildman–Crippen MR) is 105 cm³/mol. The number of carboxylic acids is 1. The first kappa shape index (κ1) is 24.4. The van der Waals surface area contributed by atoms with Crippen molar-refractivity contribution in [1.29, 1.82) is 0 Å². The molecule has 0 heterocycles.